The Bertz CT molecular complexity index is 532. The summed E-state index contributed by atoms with van der Waals surface area (Å²) in [6.45, 7) is 7.01. The van der Waals surface area contributed by atoms with Crippen LogP contribution in [0.25, 0.3) is 0 Å². The van der Waals surface area contributed by atoms with Gasteiger partial charge in [0.05, 0.1) is 0 Å². The van der Waals surface area contributed by atoms with Crippen LogP contribution in [0.2, 0.25) is 0 Å². The maximum Gasteiger partial charge on any atom is 0.147 e. The van der Waals surface area contributed by atoms with Gasteiger partial charge in [-0.05, 0) is 57.2 Å². The number of nitrogens with one attached hydrogen (secondary N) is 1. The van der Waals surface area contributed by atoms with Gasteiger partial charge in [-0.25, -0.2) is 12.8 Å². The van der Waals surface area contributed by atoms with Gasteiger partial charge in [0.25, 0.3) is 0 Å². The van der Waals surface area contributed by atoms with Crippen LogP contribution in [0.5, 0.6) is 0 Å². The highest BCUT2D eigenvalue weighted by molar-refractivity contribution is 7.90. The SMILES string of the molecule is CC(C)(C)NCC(CCCS(C)(=O)=O)c1ccc(F)cc1. The Labute approximate surface area is 127 Å². The van der Waals surface area contributed by atoms with E-state index in [2.05, 4.69) is 26.1 Å². The molecule has 120 valence electrons. The minimum Gasteiger partial charge on any atom is -0.311 e. The molecule has 1 atom stereocenters. The van der Waals surface area contributed by atoms with Crippen molar-refractivity contribution in [1.29, 1.82) is 0 Å². The van der Waals surface area contributed by atoms with E-state index < -0.39 is 9.84 Å². The zero-order valence-electron chi connectivity index (χ0n) is 13.3. The van der Waals surface area contributed by atoms with Crippen molar-refractivity contribution in [3.8, 4) is 0 Å². The van der Waals surface area contributed by atoms with Crippen molar-refractivity contribution in [2.45, 2.75) is 45.1 Å². The second-order valence-corrected chi connectivity index (χ2v) is 8.91. The molecule has 1 aromatic rings. The van der Waals surface area contributed by atoms with E-state index in [0.717, 1.165) is 18.5 Å². The molecule has 0 bridgehead atoms. The molecular formula is C16H26FNO2S. The summed E-state index contributed by atoms with van der Waals surface area (Å²) in [6.07, 6.45) is 2.64. The Kier molecular flexibility index (Phi) is 6.35. The monoisotopic (exact) mass is 315 g/mol. The fourth-order valence-electron chi connectivity index (χ4n) is 2.14. The first-order chi connectivity index (χ1) is 9.57. The van der Waals surface area contributed by atoms with Gasteiger partial charge in [0.2, 0.25) is 0 Å². The molecule has 21 heavy (non-hydrogen) atoms. The number of sulfone groups is 1. The van der Waals surface area contributed by atoms with Gasteiger partial charge >= 0.3 is 0 Å². The molecule has 0 spiro atoms. The van der Waals surface area contributed by atoms with Crippen molar-refractivity contribution in [2.75, 3.05) is 18.6 Å². The summed E-state index contributed by atoms with van der Waals surface area (Å²) >= 11 is 0. The van der Waals surface area contributed by atoms with E-state index in [1.54, 1.807) is 12.1 Å². The molecule has 1 aromatic carbocycles. The van der Waals surface area contributed by atoms with Gasteiger partial charge in [-0.1, -0.05) is 12.1 Å². The van der Waals surface area contributed by atoms with Crippen LogP contribution in [-0.2, 0) is 9.84 Å². The fourth-order valence-corrected chi connectivity index (χ4v) is 2.83. The lowest BCUT2D eigenvalue weighted by Crippen LogP contribution is -2.38. The van der Waals surface area contributed by atoms with Crippen LogP contribution in [0.1, 0.15) is 45.1 Å². The Morgan fingerprint density at radius 3 is 2.24 bits per heavy atom. The number of hydrogen-bond donors (Lipinski definition) is 1. The summed E-state index contributed by atoms with van der Waals surface area (Å²) in [4.78, 5) is 0. The Morgan fingerprint density at radius 1 is 1.19 bits per heavy atom. The maximum absolute atomic E-state index is 13.0. The van der Waals surface area contributed by atoms with Crippen molar-refractivity contribution < 1.29 is 12.8 Å². The Morgan fingerprint density at radius 2 is 1.76 bits per heavy atom. The highest BCUT2D eigenvalue weighted by Crippen LogP contribution is 2.22. The first kappa shape index (κ1) is 18.1. The molecule has 0 amide bonds. The summed E-state index contributed by atoms with van der Waals surface area (Å²) in [7, 11) is -2.93. The minimum atomic E-state index is -2.93. The van der Waals surface area contributed by atoms with Crippen LogP contribution in [0.4, 0.5) is 4.39 Å². The highest BCUT2D eigenvalue weighted by atomic mass is 32.2. The van der Waals surface area contributed by atoms with Crippen LogP contribution in [0.3, 0.4) is 0 Å². The Balaban J connectivity index is 2.72. The van der Waals surface area contributed by atoms with Crippen LogP contribution >= 0.6 is 0 Å². The van der Waals surface area contributed by atoms with E-state index in [1.165, 1.54) is 18.4 Å². The minimum absolute atomic E-state index is 0.00485. The van der Waals surface area contributed by atoms with Crippen LogP contribution < -0.4 is 5.32 Å². The van der Waals surface area contributed by atoms with Gasteiger partial charge in [0, 0.05) is 24.1 Å². The number of rotatable bonds is 7. The third-order valence-electron chi connectivity index (χ3n) is 3.29. The first-order valence-corrected chi connectivity index (χ1v) is 9.31. The van der Waals surface area contributed by atoms with Crippen LogP contribution in [0.15, 0.2) is 24.3 Å². The van der Waals surface area contributed by atoms with E-state index >= 15 is 0 Å². The third kappa shape index (κ3) is 8.17. The summed E-state index contributed by atoms with van der Waals surface area (Å²) in [5.41, 5.74) is 1.04. The third-order valence-corrected chi connectivity index (χ3v) is 4.32. The van der Waals surface area contributed by atoms with E-state index in [9.17, 15) is 12.8 Å². The number of hydrogen-bond acceptors (Lipinski definition) is 3. The summed E-state index contributed by atoms with van der Waals surface area (Å²) in [6, 6.07) is 6.47. The molecule has 0 radical (unpaired) electrons. The molecule has 0 saturated carbocycles. The van der Waals surface area contributed by atoms with Gasteiger partial charge in [-0.15, -0.1) is 0 Å². The molecule has 1 N–H and O–H groups in total. The van der Waals surface area contributed by atoms with Gasteiger partial charge < -0.3 is 5.32 Å². The van der Waals surface area contributed by atoms with Crippen molar-refractivity contribution in [3.05, 3.63) is 35.6 Å². The first-order valence-electron chi connectivity index (χ1n) is 7.25. The van der Waals surface area contributed by atoms with Gasteiger partial charge in [0.15, 0.2) is 0 Å². The number of benzene rings is 1. The standard InChI is InChI=1S/C16H26FNO2S/c1-16(2,3)18-12-14(6-5-11-21(4,19)20)13-7-9-15(17)10-8-13/h7-10,14,18H,5-6,11-12H2,1-4H3. The maximum atomic E-state index is 13.0. The predicted octanol–water partition coefficient (Wildman–Crippen LogP) is 3.12. The van der Waals surface area contributed by atoms with Crippen molar-refractivity contribution in [1.82, 2.24) is 5.32 Å². The van der Waals surface area contributed by atoms with Crippen LogP contribution in [-0.4, -0.2) is 32.5 Å². The lowest BCUT2D eigenvalue weighted by atomic mass is 9.93. The molecule has 0 aliphatic rings. The van der Waals surface area contributed by atoms with Gasteiger partial charge in [0.1, 0.15) is 15.7 Å². The van der Waals surface area contributed by atoms with Gasteiger partial charge in [-0.2, -0.15) is 0 Å². The number of halogens is 1. The summed E-state index contributed by atoms with van der Waals surface area (Å²) < 4.78 is 35.5. The summed E-state index contributed by atoms with van der Waals surface area (Å²) in [5.74, 6) is 0.129. The lowest BCUT2D eigenvalue weighted by Gasteiger charge is -2.25. The molecule has 1 unspecified atom stereocenters. The van der Waals surface area contributed by atoms with Crippen molar-refractivity contribution >= 4 is 9.84 Å². The topological polar surface area (TPSA) is 46.2 Å². The Hall–Kier alpha value is -0.940. The lowest BCUT2D eigenvalue weighted by molar-refractivity contribution is 0.398. The van der Waals surface area contributed by atoms with E-state index in [0.29, 0.717) is 6.42 Å². The van der Waals surface area contributed by atoms with E-state index in [1.807, 2.05) is 0 Å². The predicted molar refractivity (Wildman–Crippen MR) is 85.8 cm³/mol. The molecule has 0 heterocycles. The molecule has 0 aromatic heterocycles. The normalized spacial score (nSPS) is 14.1. The highest BCUT2D eigenvalue weighted by Gasteiger charge is 2.16. The second kappa shape index (κ2) is 7.36. The zero-order chi connectivity index (χ0) is 16.1. The van der Waals surface area contributed by atoms with Crippen molar-refractivity contribution in [3.63, 3.8) is 0 Å². The van der Waals surface area contributed by atoms with E-state index in [-0.39, 0.29) is 23.0 Å². The largest absolute Gasteiger partial charge is 0.311 e. The fraction of sp³-hybridized carbons (Fsp3) is 0.625. The van der Waals surface area contributed by atoms with Gasteiger partial charge in [-0.3, -0.25) is 0 Å². The molecule has 1 rings (SSSR count). The molecule has 0 saturated heterocycles. The molecule has 5 heteroatoms. The summed E-state index contributed by atoms with van der Waals surface area (Å²) in [5, 5.41) is 3.44. The average Bonchev–Trinajstić information content (AvgIpc) is 2.32. The quantitative estimate of drug-likeness (QED) is 0.841. The molecule has 0 fully saturated rings. The molecule has 0 aliphatic carbocycles. The molecule has 3 nitrogen and oxygen atoms in total. The molecule has 0 aliphatic heterocycles. The second-order valence-electron chi connectivity index (χ2n) is 6.65. The van der Waals surface area contributed by atoms with Crippen molar-refractivity contribution in [2.24, 2.45) is 0 Å². The van der Waals surface area contributed by atoms with E-state index in [4.69, 9.17) is 0 Å². The zero-order valence-corrected chi connectivity index (χ0v) is 14.1. The molecular weight excluding hydrogens is 289 g/mol. The smallest absolute Gasteiger partial charge is 0.147 e. The van der Waals surface area contributed by atoms with Crippen LogP contribution in [0, 0.1) is 5.82 Å². The average molecular weight is 315 g/mol.